The van der Waals surface area contributed by atoms with E-state index in [1.54, 1.807) is 25.7 Å². The van der Waals surface area contributed by atoms with Crippen molar-refractivity contribution >= 4 is 17.9 Å². The van der Waals surface area contributed by atoms with Crippen molar-refractivity contribution < 1.29 is 23.9 Å². The molecule has 1 aromatic carbocycles. The molecular weight excluding hydrogens is 398 g/mol. The van der Waals surface area contributed by atoms with Gasteiger partial charge in [0.2, 0.25) is 11.8 Å². The molecule has 8 heteroatoms. The molecule has 0 spiro atoms. The second kappa shape index (κ2) is 12.2. The number of alkyl carbamates (subject to hydrolysis) is 1. The third-order valence-electron chi connectivity index (χ3n) is 4.78. The molecule has 2 N–H and O–H groups in total. The van der Waals surface area contributed by atoms with Crippen LogP contribution in [0.25, 0.3) is 0 Å². The van der Waals surface area contributed by atoms with Crippen molar-refractivity contribution in [2.24, 2.45) is 0 Å². The largest absolute Gasteiger partial charge is 0.494 e. The maximum atomic E-state index is 12.3. The lowest BCUT2D eigenvalue weighted by Gasteiger charge is -2.32. The molecule has 0 atom stereocenters. The van der Waals surface area contributed by atoms with Crippen LogP contribution in [0.1, 0.15) is 52.9 Å². The fraction of sp³-hybridized carbons (Fsp3) is 0.609. The Morgan fingerprint density at radius 2 is 1.74 bits per heavy atom. The molecule has 0 saturated carbocycles. The molecule has 0 unspecified atom stereocenters. The number of amides is 3. The third-order valence-corrected chi connectivity index (χ3v) is 4.78. The monoisotopic (exact) mass is 433 g/mol. The van der Waals surface area contributed by atoms with Crippen molar-refractivity contribution in [1.82, 2.24) is 15.5 Å². The highest BCUT2D eigenvalue weighted by molar-refractivity contribution is 5.78. The van der Waals surface area contributed by atoms with Crippen molar-refractivity contribution in [1.29, 1.82) is 0 Å². The highest BCUT2D eigenvalue weighted by Crippen LogP contribution is 2.13. The lowest BCUT2D eigenvalue weighted by molar-refractivity contribution is -0.132. The van der Waals surface area contributed by atoms with Gasteiger partial charge in [-0.05, 0) is 52.2 Å². The fourth-order valence-electron chi connectivity index (χ4n) is 3.26. The first-order chi connectivity index (χ1) is 14.7. The first-order valence-electron chi connectivity index (χ1n) is 10.9. The van der Waals surface area contributed by atoms with Crippen LogP contribution in [0.3, 0.4) is 0 Å². The topological polar surface area (TPSA) is 97.0 Å². The normalized spacial score (nSPS) is 14.6. The summed E-state index contributed by atoms with van der Waals surface area (Å²) in [6, 6.07) is 9.63. The van der Waals surface area contributed by atoms with Gasteiger partial charge in [-0.1, -0.05) is 18.2 Å². The maximum Gasteiger partial charge on any atom is 0.407 e. The summed E-state index contributed by atoms with van der Waals surface area (Å²) in [7, 11) is 0. The van der Waals surface area contributed by atoms with E-state index in [1.165, 1.54) is 0 Å². The molecule has 1 aromatic rings. The molecule has 2 rings (SSSR count). The van der Waals surface area contributed by atoms with Crippen molar-refractivity contribution in [3.63, 3.8) is 0 Å². The highest BCUT2D eigenvalue weighted by Gasteiger charge is 2.24. The number of nitrogens with zero attached hydrogens (tertiary/aromatic N) is 1. The molecule has 1 aliphatic rings. The van der Waals surface area contributed by atoms with E-state index in [1.807, 2.05) is 30.3 Å². The number of benzene rings is 1. The van der Waals surface area contributed by atoms with Gasteiger partial charge < -0.3 is 25.0 Å². The highest BCUT2D eigenvalue weighted by atomic mass is 16.6. The SMILES string of the molecule is CC(C)(C)OC(=O)NCCC(=O)N1CCC(NC(=O)CCCOc2ccccc2)CC1. The number of hydrogen-bond donors (Lipinski definition) is 2. The standard InChI is InChI=1S/C23H35N3O5/c1-23(2,3)31-22(29)24-14-11-21(28)26-15-12-18(13-16-26)25-20(27)10-7-17-30-19-8-5-4-6-9-19/h4-6,8-9,18H,7,10-17H2,1-3H3,(H,24,29)(H,25,27). The Morgan fingerprint density at radius 1 is 1.06 bits per heavy atom. The number of likely N-dealkylation sites (tertiary alicyclic amines) is 1. The van der Waals surface area contributed by atoms with Gasteiger partial charge in [0, 0.05) is 38.5 Å². The minimum atomic E-state index is -0.560. The number of rotatable bonds is 9. The molecule has 0 aromatic heterocycles. The lowest BCUT2D eigenvalue weighted by atomic mass is 10.0. The minimum absolute atomic E-state index is 0.00102. The summed E-state index contributed by atoms with van der Waals surface area (Å²) in [5, 5.41) is 5.65. The molecule has 1 fully saturated rings. The van der Waals surface area contributed by atoms with Crippen molar-refractivity contribution in [2.75, 3.05) is 26.2 Å². The van der Waals surface area contributed by atoms with Gasteiger partial charge in [-0.15, -0.1) is 0 Å². The van der Waals surface area contributed by atoms with E-state index in [2.05, 4.69) is 10.6 Å². The average Bonchev–Trinajstić information content (AvgIpc) is 2.71. The van der Waals surface area contributed by atoms with Gasteiger partial charge in [-0.3, -0.25) is 9.59 Å². The Hall–Kier alpha value is -2.77. The fourth-order valence-corrected chi connectivity index (χ4v) is 3.26. The summed E-state index contributed by atoms with van der Waals surface area (Å²) in [4.78, 5) is 37.9. The molecule has 1 saturated heterocycles. The van der Waals surface area contributed by atoms with Gasteiger partial charge in [0.1, 0.15) is 11.4 Å². The summed E-state index contributed by atoms with van der Waals surface area (Å²) in [6.45, 7) is 7.33. The number of hydrogen-bond acceptors (Lipinski definition) is 5. The first kappa shape index (κ1) is 24.5. The molecule has 1 aliphatic heterocycles. The van der Waals surface area contributed by atoms with Crippen LogP contribution < -0.4 is 15.4 Å². The number of nitrogens with one attached hydrogen (secondary N) is 2. The summed E-state index contributed by atoms with van der Waals surface area (Å²) in [6.07, 6.45) is 2.26. The smallest absolute Gasteiger partial charge is 0.407 e. The Balaban J connectivity index is 1.55. The predicted octanol–water partition coefficient (Wildman–Crippen LogP) is 2.87. The second-order valence-corrected chi connectivity index (χ2v) is 8.67. The summed E-state index contributed by atoms with van der Waals surface area (Å²) in [5.74, 6) is 0.822. The number of ether oxygens (including phenoxy) is 2. The second-order valence-electron chi connectivity index (χ2n) is 8.67. The molecule has 172 valence electrons. The lowest BCUT2D eigenvalue weighted by Crippen LogP contribution is -2.47. The average molecular weight is 434 g/mol. The summed E-state index contributed by atoms with van der Waals surface area (Å²) in [5.41, 5.74) is -0.560. The zero-order chi connectivity index (χ0) is 22.7. The Morgan fingerprint density at radius 3 is 2.39 bits per heavy atom. The summed E-state index contributed by atoms with van der Waals surface area (Å²) >= 11 is 0. The molecular formula is C23H35N3O5. The zero-order valence-corrected chi connectivity index (χ0v) is 18.8. The molecule has 1 heterocycles. The number of para-hydroxylation sites is 1. The predicted molar refractivity (Wildman–Crippen MR) is 118 cm³/mol. The number of piperidine rings is 1. The van der Waals surface area contributed by atoms with E-state index < -0.39 is 11.7 Å². The van der Waals surface area contributed by atoms with Gasteiger partial charge in [0.25, 0.3) is 0 Å². The van der Waals surface area contributed by atoms with E-state index >= 15 is 0 Å². The van der Waals surface area contributed by atoms with Crippen molar-refractivity contribution in [2.45, 2.75) is 64.5 Å². The Labute approximate surface area is 184 Å². The first-order valence-corrected chi connectivity index (χ1v) is 10.9. The molecule has 0 radical (unpaired) electrons. The van der Waals surface area contributed by atoms with E-state index in [0.29, 0.717) is 32.5 Å². The van der Waals surface area contributed by atoms with E-state index in [-0.39, 0.29) is 30.8 Å². The van der Waals surface area contributed by atoms with Gasteiger partial charge in [-0.2, -0.15) is 0 Å². The van der Waals surface area contributed by atoms with Gasteiger partial charge in [-0.25, -0.2) is 4.79 Å². The van der Waals surface area contributed by atoms with Crippen LogP contribution in [0.4, 0.5) is 4.79 Å². The van der Waals surface area contributed by atoms with E-state index in [4.69, 9.17) is 9.47 Å². The van der Waals surface area contributed by atoms with Gasteiger partial charge >= 0.3 is 6.09 Å². The summed E-state index contributed by atoms with van der Waals surface area (Å²) < 4.78 is 10.7. The van der Waals surface area contributed by atoms with E-state index in [0.717, 1.165) is 18.6 Å². The maximum absolute atomic E-state index is 12.3. The molecule has 0 aliphatic carbocycles. The van der Waals surface area contributed by atoms with Gasteiger partial charge in [0.05, 0.1) is 6.61 Å². The molecule has 31 heavy (non-hydrogen) atoms. The molecule has 3 amide bonds. The van der Waals surface area contributed by atoms with Crippen LogP contribution in [0.15, 0.2) is 30.3 Å². The van der Waals surface area contributed by atoms with Crippen LogP contribution in [0.2, 0.25) is 0 Å². The van der Waals surface area contributed by atoms with Crippen molar-refractivity contribution in [3.05, 3.63) is 30.3 Å². The Bertz CT molecular complexity index is 710. The Kier molecular flexibility index (Phi) is 9.62. The van der Waals surface area contributed by atoms with E-state index in [9.17, 15) is 14.4 Å². The van der Waals surface area contributed by atoms with Crippen LogP contribution in [-0.2, 0) is 14.3 Å². The van der Waals surface area contributed by atoms with Crippen LogP contribution in [0, 0.1) is 0 Å². The zero-order valence-electron chi connectivity index (χ0n) is 18.8. The molecule has 0 bridgehead atoms. The quantitative estimate of drug-likeness (QED) is 0.584. The van der Waals surface area contributed by atoms with Crippen LogP contribution in [0.5, 0.6) is 5.75 Å². The third kappa shape index (κ3) is 10.2. The minimum Gasteiger partial charge on any atom is -0.494 e. The number of carbonyl (C=O) groups excluding carboxylic acids is 3. The van der Waals surface area contributed by atoms with Crippen LogP contribution >= 0.6 is 0 Å². The molecule has 8 nitrogen and oxygen atoms in total. The number of carbonyl (C=O) groups is 3. The van der Waals surface area contributed by atoms with Gasteiger partial charge in [0.15, 0.2) is 0 Å². The van der Waals surface area contributed by atoms with Crippen LogP contribution in [-0.4, -0.2) is 60.7 Å². The van der Waals surface area contributed by atoms with Crippen molar-refractivity contribution in [3.8, 4) is 5.75 Å².